The average molecular weight is 140 g/mol. The van der Waals surface area contributed by atoms with Crippen LogP contribution < -0.4 is 0 Å². The predicted molar refractivity (Wildman–Crippen MR) is 35.4 cm³/mol. The molecule has 0 saturated heterocycles. The maximum atomic E-state index is 10.7. The van der Waals surface area contributed by atoms with Crippen molar-refractivity contribution in [3.05, 3.63) is 24.4 Å². The summed E-state index contributed by atoms with van der Waals surface area (Å²) in [5, 5.41) is 0.512. The Hall–Kier alpha value is -0.540. The highest BCUT2D eigenvalue weighted by Gasteiger charge is 2.01. The van der Waals surface area contributed by atoms with E-state index in [1.54, 1.807) is 24.6 Å². The second kappa shape index (κ2) is 2.85. The number of hydrogen-bond acceptors (Lipinski definition) is 2. The summed E-state index contributed by atoms with van der Waals surface area (Å²) in [7, 11) is 0. The first kappa shape index (κ1) is 6.58. The van der Waals surface area contributed by atoms with Gasteiger partial charge in [0.2, 0.25) is 0 Å². The highest BCUT2D eigenvalue weighted by molar-refractivity contribution is 7.90. The molecule has 1 heterocycles. The summed E-state index contributed by atoms with van der Waals surface area (Å²) in [4.78, 5) is 3.82. The molecule has 0 amide bonds. The van der Waals surface area contributed by atoms with Gasteiger partial charge < -0.3 is 4.55 Å². The molecular formula is C6H6NOS. The number of rotatable bonds is 1. The summed E-state index contributed by atoms with van der Waals surface area (Å²) < 4.78 is 10.7. The summed E-state index contributed by atoms with van der Waals surface area (Å²) in [5.74, 6) is 0. The summed E-state index contributed by atoms with van der Waals surface area (Å²) in [6.45, 7) is 0. The molecule has 1 aromatic rings. The van der Waals surface area contributed by atoms with Crippen LogP contribution in [0.3, 0.4) is 0 Å². The van der Waals surface area contributed by atoms with Gasteiger partial charge in [-0.2, -0.15) is 0 Å². The van der Waals surface area contributed by atoms with Crippen LogP contribution in [0.1, 0.15) is 0 Å². The molecule has 0 aliphatic heterocycles. The van der Waals surface area contributed by atoms with E-state index in [1.165, 1.54) is 0 Å². The molecule has 0 aliphatic carbocycles. The molecular weight excluding hydrogens is 134 g/mol. The SMILES string of the molecule is C[S+]([O-])c1[c]cccn1. The lowest BCUT2D eigenvalue weighted by atomic mass is 10.5. The van der Waals surface area contributed by atoms with E-state index in [9.17, 15) is 4.55 Å². The maximum absolute atomic E-state index is 10.7. The minimum absolute atomic E-state index is 0.512. The van der Waals surface area contributed by atoms with E-state index in [0.29, 0.717) is 5.03 Å². The molecule has 3 heteroatoms. The number of hydrogen-bond donors (Lipinski definition) is 0. The minimum atomic E-state index is -0.996. The van der Waals surface area contributed by atoms with E-state index in [2.05, 4.69) is 11.1 Å². The summed E-state index contributed by atoms with van der Waals surface area (Å²) in [5.41, 5.74) is 0. The summed E-state index contributed by atoms with van der Waals surface area (Å²) in [6.07, 6.45) is 3.19. The predicted octanol–water partition coefficient (Wildman–Crippen LogP) is 0.619. The Morgan fingerprint density at radius 2 is 2.56 bits per heavy atom. The fraction of sp³-hybridized carbons (Fsp3) is 0.167. The lowest BCUT2D eigenvalue weighted by Crippen LogP contribution is -1.98. The van der Waals surface area contributed by atoms with E-state index >= 15 is 0 Å². The second-order valence-corrected chi connectivity index (χ2v) is 2.84. The van der Waals surface area contributed by atoms with Gasteiger partial charge in [-0.3, -0.25) is 0 Å². The third-order valence-corrected chi connectivity index (χ3v) is 1.62. The molecule has 47 valence electrons. The third-order valence-electron chi connectivity index (χ3n) is 0.853. The first-order valence-corrected chi connectivity index (χ1v) is 4.02. The monoisotopic (exact) mass is 140 g/mol. The van der Waals surface area contributed by atoms with Crippen molar-refractivity contribution in [2.45, 2.75) is 5.03 Å². The van der Waals surface area contributed by atoms with Gasteiger partial charge in [0.15, 0.2) is 0 Å². The van der Waals surface area contributed by atoms with Gasteiger partial charge in [0.05, 0.1) is 6.07 Å². The van der Waals surface area contributed by atoms with Crippen LogP contribution in [0.4, 0.5) is 0 Å². The molecule has 0 N–H and O–H groups in total. The molecule has 1 aromatic heterocycles. The zero-order valence-electron chi connectivity index (χ0n) is 5.00. The molecule has 0 saturated carbocycles. The second-order valence-electron chi connectivity index (χ2n) is 1.54. The Kier molecular flexibility index (Phi) is 2.08. The normalized spacial score (nSPS) is 13.1. The summed E-state index contributed by atoms with van der Waals surface area (Å²) in [6, 6.07) is 6.20. The maximum Gasteiger partial charge on any atom is 0.252 e. The van der Waals surface area contributed by atoms with E-state index in [-0.39, 0.29) is 0 Å². The van der Waals surface area contributed by atoms with Crippen LogP contribution in [0.15, 0.2) is 23.4 Å². The van der Waals surface area contributed by atoms with E-state index < -0.39 is 11.2 Å². The smallest absolute Gasteiger partial charge is 0.252 e. The van der Waals surface area contributed by atoms with Crippen LogP contribution in [-0.2, 0) is 11.2 Å². The van der Waals surface area contributed by atoms with Crippen molar-refractivity contribution < 1.29 is 4.55 Å². The Bertz CT molecular complexity index is 176. The average Bonchev–Trinajstić information content (AvgIpc) is 1.90. The lowest BCUT2D eigenvalue weighted by Gasteiger charge is -1.99. The molecule has 0 spiro atoms. The molecule has 1 unspecified atom stereocenters. The Balaban J connectivity index is 2.85. The first-order chi connectivity index (χ1) is 4.30. The van der Waals surface area contributed by atoms with Gasteiger partial charge in [-0.05, 0) is 12.1 Å². The fourth-order valence-electron chi connectivity index (χ4n) is 0.468. The lowest BCUT2D eigenvalue weighted by molar-refractivity contribution is 0.597. The molecule has 0 bridgehead atoms. The quantitative estimate of drug-likeness (QED) is 0.536. The molecule has 9 heavy (non-hydrogen) atoms. The Morgan fingerprint density at radius 3 is 2.89 bits per heavy atom. The molecule has 0 aromatic carbocycles. The van der Waals surface area contributed by atoms with Gasteiger partial charge in [-0.25, -0.2) is 4.98 Å². The van der Waals surface area contributed by atoms with Gasteiger partial charge in [0.1, 0.15) is 6.26 Å². The number of pyridine rings is 1. The fourth-order valence-corrected chi connectivity index (χ4v) is 0.911. The summed E-state index contributed by atoms with van der Waals surface area (Å²) >= 11 is -0.996. The Morgan fingerprint density at radius 1 is 1.78 bits per heavy atom. The number of nitrogens with zero attached hydrogens (tertiary/aromatic N) is 1. The first-order valence-electron chi connectivity index (χ1n) is 2.47. The van der Waals surface area contributed by atoms with Crippen LogP contribution in [0.5, 0.6) is 0 Å². The van der Waals surface area contributed by atoms with Crippen LogP contribution >= 0.6 is 0 Å². The van der Waals surface area contributed by atoms with Crippen molar-refractivity contribution >= 4 is 11.2 Å². The van der Waals surface area contributed by atoms with E-state index in [1.807, 2.05) is 0 Å². The molecule has 1 rings (SSSR count). The van der Waals surface area contributed by atoms with E-state index in [4.69, 9.17) is 0 Å². The van der Waals surface area contributed by atoms with Crippen LogP contribution in [-0.4, -0.2) is 15.8 Å². The zero-order chi connectivity index (χ0) is 6.69. The van der Waals surface area contributed by atoms with E-state index in [0.717, 1.165) is 0 Å². The standard InChI is InChI=1S/C6H6NOS/c1-9(8)6-4-2-3-5-7-6/h2-3,5H,1H3. The Labute approximate surface area is 57.1 Å². The van der Waals surface area contributed by atoms with Gasteiger partial charge in [-0.1, -0.05) is 0 Å². The highest BCUT2D eigenvalue weighted by atomic mass is 32.2. The number of aromatic nitrogens is 1. The molecule has 2 nitrogen and oxygen atoms in total. The van der Waals surface area contributed by atoms with Crippen molar-refractivity contribution in [1.29, 1.82) is 0 Å². The minimum Gasteiger partial charge on any atom is -0.610 e. The van der Waals surface area contributed by atoms with Gasteiger partial charge in [0, 0.05) is 17.4 Å². The molecule has 0 fully saturated rings. The van der Waals surface area contributed by atoms with Gasteiger partial charge in [-0.15, -0.1) is 0 Å². The van der Waals surface area contributed by atoms with Gasteiger partial charge in [0.25, 0.3) is 5.03 Å². The zero-order valence-corrected chi connectivity index (χ0v) is 5.81. The topological polar surface area (TPSA) is 36.0 Å². The van der Waals surface area contributed by atoms with Crippen molar-refractivity contribution in [3.8, 4) is 0 Å². The highest BCUT2D eigenvalue weighted by Crippen LogP contribution is 2.00. The largest absolute Gasteiger partial charge is 0.610 e. The van der Waals surface area contributed by atoms with Crippen molar-refractivity contribution in [2.24, 2.45) is 0 Å². The van der Waals surface area contributed by atoms with Crippen LogP contribution in [0.25, 0.3) is 0 Å². The van der Waals surface area contributed by atoms with Crippen molar-refractivity contribution in [2.75, 3.05) is 6.26 Å². The van der Waals surface area contributed by atoms with Crippen molar-refractivity contribution in [3.63, 3.8) is 0 Å². The third kappa shape index (κ3) is 1.69. The van der Waals surface area contributed by atoms with Crippen molar-refractivity contribution in [1.82, 2.24) is 4.98 Å². The van der Waals surface area contributed by atoms with Crippen LogP contribution in [0.2, 0.25) is 0 Å². The van der Waals surface area contributed by atoms with Crippen LogP contribution in [0, 0.1) is 6.07 Å². The molecule has 1 atom stereocenters. The molecule has 0 aliphatic rings. The molecule has 1 radical (unpaired) electrons. The van der Waals surface area contributed by atoms with Gasteiger partial charge >= 0.3 is 0 Å².